The Hall–Kier alpha value is -1.31. The summed E-state index contributed by atoms with van der Waals surface area (Å²) in [6, 6.07) is 10.5. The molecule has 0 radical (unpaired) electrons. The lowest BCUT2D eigenvalue weighted by atomic mass is 10.2. The zero-order chi connectivity index (χ0) is 17.7. The first-order valence-corrected chi connectivity index (χ1v) is 9.53. The van der Waals surface area contributed by atoms with E-state index in [4.69, 9.17) is 34.8 Å². The molecule has 2 aromatic carbocycles. The number of halogens is 3. The molecule has 2 N–H and O–H groups in total. The molecule has 5 nitrogen and oxygen atoms in total. The van der Waals surface area contributed by atoms with E-state index in [2.05, 4.69) is 5.43 Å². The SMILES string of the molecule is O=C(NNS(=O)(=O)c1ccc(CCCl)cc1)c1ccc(Cl)cc1Cl. The Morgan fingerprint density at radius 2 is 1.71 bits per heavy atom. The van der Waals surface area contributed by atoms with Crippen molar-refractivity contribution in [3.8, 4) is 0 Å². The molecule has 0 aliphatic carbocycles. The summed E-state index contributed by atoms with van der Waals surface area (Å²) in [5.74, 6) is -0.249. The summed E-state index contributed by atoms with van der Waals surface area (Å²) in [5.41, 5.74) is 3.13. The molecular weight excluding hydrogens is 395 g/mol. The molecule has 0 aliphatic heterocycles. The number of aryl methyl sites for hydroxylation is 1. The number of carbonyl (C=O) groups excluding carboxylic acids is 1. The molecule has 2 aromatic rings. The van der Waals surface area contributed by atoms with Crippen molar-refractivity contribution in [2.75, 3.05) is 5.88 Å². The predicted octanol–water partition coefficient (Wildman–Crippen LogP) is 3.40. The van der Waals surface area contributed by atoms with Crippen LogP contribution in [0, 0.1) is 0 Å². The molecule has 0 bridgehead atoms. The molecule has 0 fully saturated rings. The second-order valence-electron chi connectivity index (χ2n) is 4.77. The molecule has 128 valence electrons. The van der Waals surface area contributed by atoms with Crippen molar-refractivity contribution in [1.82, 2.24) is 10.3 Å². The molecular formula is C15H13Cl3N2O3S. The highest BCUT2D eigenvalue weighted by atomic mass is 35.5. The van der Waals surface area contributed by atoms with E-state index < -0.39 is 15.9 Å². The molecule has 9 heteroatoms. The lowest BCUT2D eigenvalue weighted by Gasteiger charge is -2.10. The predicted molar refractivity (Wildman–Crippen MR) is 95.1 cm³/mol. The Morgan fingerprint density at radius 3 is 2.29 bits per heavy atom. The summed E-state index contributed by atoms with van der Waals surface area (Å²) in [6.45, 7) is 0. The smallest absolute Gasteiger partial charge is 0.267 e. The Labute approximate surface area is 154 Å². The lowest BCUT2D eigenvalue weighted by molar-refractivity contribution is 0.0945. The number of nitrogens with one attached hydrogen (secondary N) is 2. The number of rotatable bonds is 6. The quantitative estimate of drug-likeness (QED) is 0.569. The van der Waals surface area contributed by atoms with Crippen LogP contribution < -0.4 is 10.3 Å². The highest BCUT2D eigenvalue weighted by Gasteiger charge is 2.17. The van der Waals surface area contributed by atoms with Crippen LogP contribution in [0.2, 0.25) is 10.0 Å². The van der Waals surface area contributed by atoms with E-state index in [1.54, 1.807) is 12.1 Å². The number of carbonyl (C=O) groups is 1. The maximum Gasteiger partial charge on any atom is 0.267 e. The first kappa shape index (κ1) is 19.0. The van der Waals surface area contributed by atoms with Gasteiger partial charge < -0.3 is 0 Å². The van der Waals surface area contributed by atoms with Gasteiger partial charge in [-0.3, -0.25) is 10.2 Å². The van der Waals surface area contributed by atoms with Crippen molar-refractivity contribution < 1.29 is 13.2 Å². The summed E-state index contributed by atoms with van der Waals surface area (Å²) < 4.78 is 24.3. The van der Waals surface area contributed by atoms with Gasteiger partial charge in [-0.15, -0.1) is 16.4 Å². The summed E-state index contributed by atoms with van der Waals surface area (Å²) in [4.78, 5) is 14.1. The monoisotopic (exact) mass is 406 g/mol. The van der Waals surface area contributed by atoms with Crippen LogP contribution in [0.1, 0.15) is 15.9 Å². The van der Waals surface area contributed by atoms with Crippen molar-refractivity contribution in [3.63, 3.8) is 0 Å². The minimum atomic E-state index is -3.90. The normalized spacial score (nSPS) is 11.3. The topological polar surface area (TPSA) is 75.3 Å². The Balaban J connectivity index is 2.07. The minimum Gasteiger partial charge on any atom is -0.273 e. The van der Waals surface area contributed by atoms with Gasteiger partial charge in [0, 0.05) is 10.9 Å². The zero-order valence-corrected chi connectivity index (χ0v) is 15.3. The molecule has 24 heavy (non-hydrogen) atoms. The van der Waals surface area contributed by atoms with E-state index in [9.17, 15) is 13.2 Å². The van der Waals surface area contributed by atoms with Crippen molar-refractivity contribution in [1.29, 1.82) is 0 Å². The number of sulfonamides is 1. The van der Waals surface area contributed by atoms with Crippen molar-refractivity contribution in [2.24, 2.45) is 0 Å². The third kappa shape index (κ3) is 4.84. The van der Waals surface area contributed by atoms with Crippen LogP contribution in [0.4, 0.5) is 0 Å². The van der Waals surface area contributed by atoms with Crippen LogP contribution in [-0.2, 0) is 16.4 Å². The number of hydrogen-bond acceptors (Lipinski definition) is 3. The number of amides is 1. The van der Waals surface area contributed by atoms with Gasteiger partial charge in [0.15, 0.2) is 0 Å². The highest BCUT2D eigenvalue weighted by Crippen LogP contribution is 2.20. The van der Waals surface area contributed by atoms with Gasteiger partial charge in [-0.1, -0.05) is 35.3 Å². The molecule has 0 saturated heterocycles. The van der Waals surface area contributed by atoms with E-state index in [0.29, 0.717) is 17.3 Å². The largest absolute Gasteiger partial charge is 0.273 e. The molecule has 1 amide bonds. The number of benzene rings is 2. The molecule has 0 aliphatic rings. The number of hydrogen-bond donors (Lipinski definition) is 2. The van der Waals surface area contributed by atoms with Crippen LogP contribution >= 0.6 is 34.8 Å². The van der Waals surface area contributed by atoms with E-state index in [1.807, 2.05) is 4.83 Å². The van der Waals surface area contributed by atoms with Crippen LogP contribution in [-0.4, -0.2) is 20.2 Å². The van der Waals surface area contributed by atoms with Crippen molar-refractivity contribution in [2.45, 2.75) is 11.3 Å². The maximum absolute atomic E-state index is 12.2. The summed E-state index contributed by atoms with van der Waals surface area (Å²) in [5, 5.41) is 0.485. The first-order chi connectivity index (χ1) is 11.3. The van der Waals surface area contributed by atoms with Gasteiger partial charge >= 0.3 is 0 Å². The summed E-state index contributed by atoms with van der Waals surface area (Å²) in [7, 11) is -3.90. The van der Waals surface area contributed by atoms with Gasteiger partial charge in [0.25, 0.3) is 15.9 Å². The van der Waals surface area contributed by atoms with Gasteiger partial charge in [-0.2, -0.15) is 0 Å². The van der Waals surface area contributed by atoms with Crippen LogP contribution in [0.25, 0.3) is 0 Å². The number of hydrazine groups is 1. The summed E-state index contributed by atoms with van der Waals surface area (Å²) in [6.07, 6.45) is 0.640. The van der Waals surface area contributed by atoms with Crippen LogP contribution in [0.5, 0.6) is 0 Å². The van der Waals surface area contributed by atoms with E-state index in [0.717, 1.165) is 5.56 Å². The average molecular weight is 408 g/mol. The highest BCUT2D eigenvalue weighted by molar-refractivity contribution is 7.89. The second-order valence-corrected chi connectivity index (χ2v) is 7.67. The third-order valence-electron chi connectivity index (χ3n) is 3.09. The standard InChI is InChI=1S/C15H13Cl3N2O3S/c16-8-7-10-1-4-12(5-2-10)24(22,23)20-19-15(21)13-6-3-11(17)9-14(13)18/h1-6,9,20H,7-8H2,(H,19,21). The molecule has 0 unspecified atom stereocenters. The third-order valence-corrected chi connectivity index (χ3v) is 5.09. The van der Waals surface area contributed by atoms with Gasteiger partial charge in [0.05, 0.1) is 15.5 Å². The second kappa shape index (κ2) is 8.18. The van der Waals surface area contributed by atoms with Crippen LogP contribution in [0.15, 0.2) is 47.4 Å². The molecule has 0 spiro atoms. The van der Waals surface area contributed by atoms with E-state index >= 15 is 0 Å². The Kier molecular flexibility index (Phi) is 6.48. The fraction of sp³-hybridized carbons (Fsp3) is 0.133. The van der Waals surface area contributed by atoms with Gasteiger partial charge in [-0.05, 0) is 42.3 Å². The van der Waals surface area contributed by atoms with E-state index in [1.165, 1.54) is 30.3 Å². The molecule has 2 rings (SSSR count). The average Bonchev–Trinajstić information content (AvgIpc) is 2.53. The molecule has 0 saturated carbocycles. The van der Waals surface area contributed by atoms with Gasteiger partial charge in [0.2, 0.25) is 0 Å². The number of alkyl halides is 1. The van der Waals surface area contributed by atoms with Crippen molar-refractivity contribution >= 4 is 50.7 Å². The molecule has 0 aromatic heterocycles. The molecule has 0 atom stereocenters. The minimum absolute atomic E-state index is 0.0170. The van der Waals surface area contributed by atoms with E-state index in [-0.39, 0.29) is 15.5 Å². The fourth-order valence-electron chi connectivity index (χ4n) is 1.86. The first-order valence-electron chi connectivity index (χ1n) is 6.75. The Bertz CT molecular complexity index is 840. The fourth-order valence-corrected chi connectivity index (χ4v) is 3.41. The van der Waals surface area contributed by atoms with Gasteiger partial charge in [-0.25, -0.2) is 8.42 Å². The van der Waals surface area contributed by atoms with Crippen molar-refractivity contribution in [3.05, 3.63) is 63.6 Å². The lowest BCUT2D eigenvalue weighted by Crippen LogP contribution is -2.41. The zero-order valence-electron chi connectivity index (χ0n) is 12.2. The molecule has 0 heterocycles. The Morgan fingerprint density at radius 1 is 1.04 bits per heavy atom. The van der Waals surface area contributed by atoms with Gasteiger partial charge in [0.1, 0.15) is 0 Å². The maximum atomic E-state index is 12.2. The van der Waals surface area contributed by atoms with Crippen LogP contribution in [0.3, 0.4) is 0 Å². The summed E-state index contributed by atoms with van der Waals surface area (Å²) >= 11 is 17.3.